The van der Waals surface area contributed by atoms with Crippen molar-refractivity contribution in [2.75, 3.05) is 0 Å². The standard InChI is InChI=1S/C14H16F2N2/c1-4-5-18-10(3)6-9(2)11-7-13(15)12(8-17)14(11)16/h4-5,9,18H,3,6-7H2,1-2H3/b5-4-/t9-/m0/s1. The number of halogens is 2. The van der Waals surface area contributed by atoms with E-state index in [0.717, 1.165) is 5.70 Å². The van der Waals surface area contributed by atoms with Crippen molar-refractivity contribution < 1.29 is 8.78 Å². The SMILES string of the molecule is C=C(C[C@H](C)C1=C(F)C(C#N)=C(F)C1)N/C=C\C. The molecule has 4 heteroatoms. The lowest BCUT2D eigenvalue weighted by Gasteiger charge is -2.14. The summed E-state index contributed by atoms with van der Waals surface area (Å²) in [6.07, 6.45) is 3.94. The number of nitriles is 1. The van der Waals surface area contributed by atoms with Gasteiger partial charge in [0.1, 0.15) is 23.3 Å². The molecule has 0 aromatic carbocycles. The minimum atomic E-state index is -0.707. The molecule has 0 saturated carbocycles. The molecule has 1 atom stereocenters. The lowest BCUT2D eigenvalue weighted by atomic mass is 9.95. The van der Waals surface area contributed by atoms with Crippen molar-refractivity contribution in [3.8, 4) is 6.07 Å². The van der Waals surface area contributed by atoms with E-state index < -0.39 is 17.2 Å². The summed E-state index contributed by atoms with van der Waals surface area (Å²) in [5.74, 6) is -1.57. The molecule has 0 spiro atoms. The quantitative estimate of drug-likeness (QED) is 0.799. The van der Waals surface area contributed by atoms with E-state index in [1.165, 1.54) is 0 Å². The Morgan fingerprint density at radius 3 is 2.78 bits per heavy atom. The van der Waals surface area contributed by atoms with Crippen molar-refractivity contribution in [1.82, 2.24) is 5.32 Å². The lowest BCUT2D eigenvalue weighted by Crippen LogP contribution is -2.09. The third kappa shape index (κ3) is 3.07. The molecule has 0 aromatic rings. The average molecular weight is 250 g/mol. The van der Waals surface area contributed by atoms with Crippen LogP contribution in [0.25, 0.3) is 0 Å². The second kappa shape index (κ2) is 6.15. The van der Waals surface area contributed by atoms with Crippen LogP contribution in [0.5, 0.6) is 0 Å². The summed E-state index contributed by atoms with van der Waals surface area (Å²) in [5.41, 5.74) is 0.614. The van der Waals surface area contributed by atoms with Gasteiger partial charge < -0.3 is 5.32 Å². The highest BCUT2D eigenvalue weighted by Crippen LogP contribution is 2.38. The molecular weight excluding hydrogens is 234 g/mol. The number of allylic oxidation sites excluding steroid dienone is 6. The summed E-state index contributed by atoms with van der Waals surface area (Å²) in [7, 11) is 0. The molecule has 0 heterocycles. The van der Waals surface area contributed by atoms with Crippen molar-refractivity contribution in [3.05, 3.63) is 47.4 Å². The summed E-state index contributed by atoms with van der Waals surface area (Å²) >= 11 is 0. The summed E-state index contributed by atoms with van der Waals surface area (Å²) in [5, 5.41) is 11.6. The number of rotatable bonds is 5. The van der Waals surface area contributed by atoms with E-state index in [9.17, 15) is 8.78 Å². The zero-order valence-corrected chi connectivity index (χ0v) is 10.6. The van der Waals surface area contributed by atoms with Crippen LogP contribution in [0.2, 0.25) is 0 Å². The van der Waals surface area contributed by atoms with Crippen molar-refractivity contribution in [2.45, 2.75) is 26.7 Å². The first-order chi connectivity index (χ1) is 8.51. The van der Waals surface area contributed by atoms with E-state index in [0.29, 0.717) is 12.0 Å². The minimum Gasteiger partial charge on any atom is -0.366 e. The second-order valence-electron chi connectivity index (χ2n) is 4.26. The van der Waals surface area contributed by atoms with E-state index >= 15 is 0 Å². The van der Waals surface area contributed by atoms with Crippen LogP contribution in [-0.2, 0) is 0 Å². The third-order valence-electron chi connectivity index (χ3n) is 2.83. The molecule has 2 nitrogen and oxygen atoms in total. The number of nitrogens with zero attached hydrogens (tertiary/aromatic N) is 1. The second-order valence-corrected chi connectivity index (χ2v) is 4.26. The van der Waals surface area contributed by atoms with Gasteiger partial charge in [-0.15, -0.1) is 0 Å². The molecule has 0 aliphatic heterocycles. The zero-order chi connectivity index (χ0) is 13.7. The summed E-state index contributed by atoms with van der Waals surface area (Å²) in [4.78, 5) is 0. The Morgan fingerprint density at radius 2 is 2.28 bits per heavy atom. The van der Waals surface area contributed by atoms with E-state index in [2.05, 4.69) is 11.9 Å². The molecular formula is C14H16F2N2. The van der Waals surface area contributed by atoms with Crippen molar-refractivity contribution >= 4 is 0 Å². The van der Waals surface area contributed by atoms with Crippen LogP contribution >= 0.6 is 0 Å². The van der Waals surface area contributed by atoms with E-state index in [4.69, 9.17) is 5.26 Å². The maximum atomic E-state index is 13.8. The van der Waals surface area contributed by atoms with Crippen molar-refractivity contribution in [3.63, 3.8) is 0 Å². The van der Waals surface area contributed by atoms with Crippen molar-refractivity contribution in [1.29, 1.82) is 5.26 Å². The average Bonchev–Trinajstić information content (AvgIpc) is 2.61. The maximum Gasteiger partial charge on any atom is 0.143 e. The molecule has 0 saturated heterocycles. The van der Waals surface area contributed by atoms with E-state index in [1.54, 1.807) is 19.2 Å². The fraction of sp³-hybridized carbons (Fsp3) is 0.357. The largest absolute Gasteiger partial charge is 0.366 e. The Bertz CT molecular complexity index is 479. The van der Waals surface area contributed by atoms with Crippen LogP contribution in [0.1, 0.15) is 26.7 Å². The van der Waals surface area contributed by atoms with Gasteiger partial charge in [0.2, 0.25) is 0 Å². The Morgan fingerprint density at radius 1 is 1.61 bits per heavy atom. The molecule has 1 aliphatic rings. The smallest absolute Gasteiger partial charge is 0.143 e. The first-order valence-electron chi connectivity index (χ1n) is 5.74. The van der Waals surface area contributed by atoms with Gasteiger partial charge in [0.25, 0.3) is 0 Å². The van der Waals surface area contributed by atoms with Crippen LogP contribution < -0.4 is 5.32 Å². The van der Waals surface area contributed by atoms with Crippen LogP contribution in [0.4, 0.5) is 8.78 Å². The fourth-order valence-electron chi connectivity index (χ4n) is 1.87. The number of nitrogens with one attached hydrogen (secondary N) is 1. The number of hydrogen-bond donors (Lipinski definition) is 1. The molecule has 1 rings (SSSR count). The molecule has 1 aliphatic carbocycles. The van der Waals surface area contributed by atoms with Gasteiger partial charge in [-0.25, -0.2) is 8.78 Å². The molecule has 0 unspecified atom stereocenters. The Balaban J connectivity index is 2.71. The predicted octanol–water partition coefficient (Wildman–Crippen LogP) is 4.02. The first-order valence-corrected chi connectivity index (χ1v) is 5.74. The Hall–Kier alpha value is -1.89. The molecule has 0 amide bonds. The third-order valence-corrected chi connectivity index (χ3v) is 2.83. The molecule has 1 N–H and O–H groups in total. The first kappa shape index (κ1) is 14.2. The van der Waals surface area contributed by atoms with Gasteiger partial charge in [-0.1, -0.05) is 19.6 Å². The van der Waals surface area contributed by atoms with Gasteiger partial charge >= 0.3 is 0 Å². The van der Waals surface area contributed by atoms with Gasteiger partial charge in [-0.3, -0.25) is 0 Å². The monoisotopic (exact) mass is 250 g/mol. The predicted molar refractivity (Wildman–Crippen MR) is 67.4 cm³/mol. The van der Waals surface area contributed by atoms with Crippen LogP contribution in [0.15, 0.2) is 47.4 Å². The molecule has 0 radical (unpaired) electrons. The molecule has 0 fully saturated rings. The molecule has 0 bridgehead atoms. The molecule has 0 aromatic heterocycles. The van der Waals surface area contributed by atoms with Crippen molar-refractivity contribution in [2.24, 2.45) is 5.92 Å². The summed E-state index contributed by atoms with van der Waals surface area (Å²) in [6.45, 7) is 7.47. The minimum absolute atomic E-state index is 0.104. The van der Waals surface area contributed by atoms with Gasteiger partial charge in [0.15, 0.2) is 0 Å². The zero-order valence-electron chi connectivity index (χ0n) is 10.6. The van der Waals surface area contributed by atoms with Gasteiger partial charge in [0, 0.05) is 12.1 Å². The van der Waals surface area contributed by atoms with E-state index in [1.807, 2.05) is 13.0 Å². The van der Waals surface area contributed by atoms with Gasteiger partial charge in [0.05, 0.1) is 0 Å². The lowest BCUT2D eigenvalue weighted by molar-refractivity contribution is 0.566. The van der Waals surface area contributed by atoms with Crippen LogP contribution in [-0.4, -0.2) is 0 Å². The molecule has 18 heavy (non-hydrogen) atoms. The maximum absolute atomic E-state index is 13.8. The number of hydrogen-bond acceptors (Lipinski definition) is 2. The summed E-state index contributed by atoms with van der Waals surface area (Å²) in [6, 6.07) is 1.56. The van der Waals surface area contributed by atoms with Crippen LogP contribution in [0, 0.1) is 17.2 Å². The van der Waals surface area contributed by atoms with Crippen LogP contribution in [0.3, 0.4) is 0 Å². The van der Waals surface area contributed by atoms with Gasteiger partial charge in [-0.05, 0) is 31.0 Å². The molecule has 96 valence electrons. The summed E-state index contributed by atoms with van der Waals surface area (Å²) < 4.78 is 27.1. The normalized spacial score (nSPS) is 17.3. The highest BCUT2D eigenvalue weighted by molar-refractivity contribution is 5.50. The Labute approximate surface area is 106 Å². The van der Waals surface area contributed by atoms with E-state index in [-0.39, 0.29) is 12.3 Å². The fourth-order valence-corrected chi connectivity index (χ4v) is 1.87. The highest BCUT2D eigenvalue weighted by Gasteiger charge is 2.28. The topological polar surface area (TPSA) is 35.8 Å². The Kier molecular flexibility index (Phi) is 4.85. The highest BCUT2D eigenvalue weighted by atomic mass is 19.1. The van der Waals surface area contributed by atoms with Gasteiger partial charge in [-0.2, -0.15) is 5.26 Å².